The zero-order valence-electron chi connectivity index (χ0n) is 12.2. The first-order valence-electron chi connectivity index (χ1n) is 6.25. The van der Waals surface area contributed by atoms with Crippen LogP contribution >= 0.6 is 24.0 Å². The molecular formula is C12H26IN3O3. The number of nitrogens with zero attached hydrogens (tertiary/aromatic N) is 1. The Labute approximate surface area is 132 Å². The van der Waals surface area contributed by atoms with Crippen LogP contribution in [0.2, 0.25) is 0 Å². The molecule has 0 fully saturated rings. The van der Waals surface area contributed by atoms with E-state index in [1.54, 1.807) is 14.0 Å². The number of rotatable bonds is 8. The zero-order valence-corrected chi connectivity index (χ0v) is 14.5. The highest BCUT2D eigenvalue weighted by Crippen LogP contribution is 1.94. The number of methoxy groups -OCH3 is 1. The molecule has 0 amide bonds. The Bertz CT molecular complexity index is 263. The second kappa shape index (κ2) is 13.9. The number of carbonyl (C=O) groups is 1. The summed E-state index contributed by atoms with van der Waals surface area (Å²) in [5, 5.41) is 6.22. The average Bonchev–Trinajstić information content (AvgIpc) is 2.40. The first-order chi connectivity index (χ1) is 8.65. The molecule has 1 unspecified atom stereocenters. The van der Waals surface area contributed by atoms with Crippen molar-refractivity contribution in [1.82, 2.24) is 10.6 Å². The Morgan fingerprint density at radius 3 is 2.58 bits per heavy atom. The van der Waals surface area contributed by atoms with Crippen molar-refractivity contribution in [2.75, 3.05) is 40.5 Å². The Kier molecular flexibility index (Phi) is 15.1. The summed E-state index contributed by atoms with van der Waals surface area (Å²) in [5.41, 5.74) is 0. The highest BCUT2D eigenvalue weighted by Gasteiger charge is 2.12. The van der Waals surface area contributed by atoms with E-state index in [0.717, 1.165) is 26.2 Å². The molecule has 6 nitrogen and oxygen atoms in total. The topological polar surface area (TPSA) is 72.0 Å². The van der Waals surface area contributed by atoms with Crippen LogP contribution in [0.25, 0.3) is 0 Å². The minimum Gasteiger partial charge on any atom is -0.469 e. The molecule has 0 spiro atoms. The Morgan fingerprint density at radius 2 is 2.05 bits per heavy atom. The summed E-state index contributed by atoms with van der Waals surface area (Å²) >= 11 is 0. The molecular weight excluding hydrogens is 361 g/mol. The number of esters is 1. The van der Waals surface area contributed by atoms with Crippen LogP contribution in [0.1, 0.15) is 20.3 Å². The van der Waals surface area contributed by atoms with Gasteiger partial charge in [-0.3, -0.25) is 9.79 Å². The van der Waals surface area contributed by atoms with E-state index >= 15 is 0 Å². The standard InChI is InChI=1S/C12H25N3O3.HI/c1-5-18-8-6-7-14-12(13-3)15-9-10(2)11(16)17-4;/h10H,5-9H2,1-4H3,(H2,13,14,15);1H. The van der Waals surface area contributed by atoms with Gasteiger partial charge in [0.1, 0.15) is 0 Å². The SMILES string of the molecule is CCOCCCNC(=NC)NCC(C)C(=O)OC.I. The van der Waals surface area contributed by atoms with Crippen molar-refractivity contribution >= 4 is 35.9 Å². The van der Waals surface area contributed by atoms with Crippen LogP contribution in [-0.2, 0) is 14.3 Å². The van der Waals surface area contributed by atoms with E-state index in [1.807, 2.05) is 6.92 Å². The molecule has 0 radical (unpaired) electrons. The van der Waals surface area contributed by atoms with Crippen molar-refractivity contribution in [3.63, 3.8) is 0 Å². The second-order valence-electron chi connectivity index (χ2n) is 3.85. The van der Waals surface area contributed by atoms with Crippen molar-refractivity contribution < 1.29 is 14.3 Å². The lowest BCUT2D eigenvalue weighted by molar-refractivity contribution is -0.144. The molecule has 0 aliphatic carbocycles. The highest BCUT2D eigenvalue weighted by molar-refractivity contribution is 14.0. The van der Waals surface area contributed by atoms with Gasteiger partial charge in [0.2, 0.25) is 0 Å². The number of hydrogen-bond acceptors (Lipinski definition) is 4. The molecule has 0 bridgehead atoms. The monoisotopic (exact) mass is 387 g/mol. The largest absolute Gasteiger partial charge is 0.469 e. The van der Waals surface area contributed by atoms with Gasteiger partial charge >= 0.3 is 5.97 Å². The van der Waals surface area contributed by atoms with Crippen LogP contribution in [-0.4, -0.2) is 52.4 Å². The van der Waals surface area contributed by atoms with Crippen molar-refractivity contribution in [3.05, 3.63) is 0 Å². The van der Waals surface area contributed by atoms with Crippen molar-refractivity contribution in [1.29, 1.82) is 0 Å². The van der Waals surface area contributed by atoms with E-state index in [-0.39, 0.29) is 35.9 Å². The fourth-order valence-corrected chi connectivity index (χ4v) is 1.28. The number of carbonyl (C=O) groups excluding carboxylic acids is 1. The predicted octanol–water partition coefficient (Wildman–Crippen LogP) is 1.01. The van der Waals surface area contributed by atoms with Crippen molar-refractivity contribution in [3.8, 4) is 0 Å². The summed E-state index contributed by atoms with van der Waals surface area (Å²) in [4.78, 5) is 15.3. The lowest BCUT2D eigenvalue weighted by Gasteiger charge is -2.14. The fraction of sp³-hybridized carbons (Fsp3) is 0.833. The van der Waals surface area contributed by atoms with E-state index in [9.17, 15) is 4.79 Å². The van der Waals surface area contributed by atoms with Crippen LogP contribution in [0.4, 0.5) is 0 Å². The maximum atomic E-state index is 11.2. The van der Waals surface area contributed by atoms with E-state index in [4.69, 9.17) is 4.74 Å². The van der Waals surface area contributed by atoms with E-state index in [2.05, 4.69) is 20.4 Å². The molecule has 114 valence electrons. The van der Waals surface area contributed by atoms with Crippen LogP contribution in [0.5, 0.6) is 0 Å². The molecule has 0 aliphatic heterocycles. The minimum atomic E-state index is -0.228. The fourth-order valence-electron chi connectivity index (χ4n) is 1.28. The van der Waals surface area contributed by atoms with Gasteiger partial charge in [0.05, 0.1) is 13.0 Å². The molecule has 0 heterocycles. The van der Waals surface area contributed by atoms with Crippen LogP contribution in [0, 0.1) is 5.92 Å². The molecule has 0 aromatic heterocycles. The van der Waals surface area contributed by atoms with E-state index in [0.29, 0.717) is 12.5 Å². The van der Waals surface area contributed by atoms with Gasteiger partial charge in [-0.1, -0.05) is 6.92 Å². The van der Waals surface area contributed by atoms with Gasteiger partial charge in [0.15, 0.2) is 5.96 Å². The van der Waals surface area contributed by atoms with Crippen LogP contribution in [0.3, 0.4) is 0 Å². The number of hydrogen-bond donors (Lipinski definition) is 2. The third-order valence-electron chi connectivity index (χ3n) is 2.36. The Balaban J connectivity index is 0. The molecule has 7 heteroatoms. The van der Waals surface area contributed by atoms with E-state index in [1.165, 1.54) is 7.11 Å². The first-order valence-corrected chi connectivity index (χ1v) is 6.25. The van der Waals surface area contributed by atoms with Crippen molar-refractivity contribution in [2.24, 2.45) is 10.9 Å². The molecule has 0 saturated carbocycles. The molecule has 19 heavy (non-hydrogen) atoms. The molecule has 1 atom stereocenters. The summed E-state index contributed by atoms with van der Waals surface area (Å²) in [7, 11) is 3.08. The second-order valence-corrected chi connectivity index (χ2v) is 3.85. The van der Waals surface area contributed by atoms with Gasteiger partial charge in [-0.15, -0.1) is 24.0 Å². The van der Waals surface area contributed by atoms with Gasteiger partial charge in [0, 0.05) is 33.4 Å². The van der Waals surface area contributed by atoms with E-state index < -0.39 is 0 Å². The highest BCUT2D eigenvalue weighted by atomic mass is 127. The molecule has 0 saturated heterocycles. The normalized spacial score (nSPS) is 12.3. The third kappa shape index (κ3) is 11.0. The summed E-state index contributed by atoms with van der Waals surface area (Å²) < 4.78 is 9.88. The number of nitrogens with one attached hydrogen (secondary N) is 2. The summed E-state index contributed by atoms with van der Waals surface area (Å²) in [6.07, 6.45) is 0.918. The number of halogens is 1. The molecule has 0 rings (SSSR count). The Morgan fingerprint density at radius 1 is 1.37 bits per heavy atom. The van der Waals surface area contributed by atoms with Crippen molar-refractivity contribution in [2.45, 2.75) is 20.3 Å². The molecule has 0 aliphatic rings. The van der Waals surface area contributed by atoms with Crippen LogP contribution < -0.4 is 10.6 Å². The third-order valence-corrected chi connectivity index (χ3v) is 2.36. The molecule has 2 N–H and O–H groups in total. The molecule has 0 aromatic rings. The van der Waals surface area contributed by atoms with Gasteiger partial charge in [-0.25, -0.2) is 0 Å². The first kappa shape index (κ1) is 20.7. The lowest BCUT2D eigenvalue weighted by Crippen LogP contribution is -2.41. The maximum Gasteiger partial charge on any atom is 0.310 e. The number of aliphatic imine (C=N–C) groups is 1. The quantitative estimate of drug-likeness (QED) is 0.214. The Hall–Kier alpha value is -0.570. The summed E-state index contributed by atoms with van der Waals surface area (Å²) in [6, 6.07) is 0. The predicted molar refractivity (Wildman–Crippen MR) is 87.1 cm³/mol. The van der Waals surface area contributed by atoms with Gasteiger partial charge in [-0.2, -0.15) is 0 Å². The number of guanidine groups is 1. The maximum absolute atomic E-state index is 11.2. The average molecular weight is 387 g/mol. The summed E-state index contributed by atoms with van der Waals surface area (Å²) in [6.45, 7) is 6.54. The van der Waals surface area contributed by atoms with Gasteiger partial charge < -0.3 is 20.1 Å². The lowest BCUT2D eigenvalue weighted by atomic mass is 10.2. The molecule has 0 aromatic carbocycles. The van der Waals surface area contributed by atoms with Gasteiger partial charge in [-0.05, 0) is 13.3 Å². The smallest absolute Gasteiger partial charge is 0.310 e. The summed E-state index contributed by atoms with van der Waals surface area (Å²) in [5.74, 6) is 0.258. The number of ether oxygens (including phenoxy) is 2. The minimum absolute atomic E-state index is 0. The zero-order chi connectivity index (χ0) is 13.8. The van der Waals surface area contributed by atoms with Crippen LogP contribution in [0.15, 0.2) is 4.99 Å². The van der Waals surface area contributed by atoms with Gasteiger partial charge in [0.25, 0.3) is 0 Å².